The van der Waals surface area contributed by atoms with Crippen LogP contribution < -0.4 is 16.0 Å². The Balaban J connectivity index is 1.77. The second kappa shape index (κ2) is 9.47. The van der Waals surface area contributed by atoms with Crippen molar-refractivity contribution in [3.05, 3.63) is 65.7 Å². The van der Waals surface area contributed by atoms with Gasteiger partial charge in [0.1, 0.15) is 0 Å². The lowest BCUT2D eigenvalue weighted by Gasteiger charge is -2.12. The van der Waals surface area contributed by atoms with E-state index in [1.165, 1.54) is 0 Å². The molecule has 2 amide bonds. The summed E-state index contributed by atoms with van der Waals surface area (Å²) in [7, 11) is 0. The molecule has 0 aliphatic rings. The van der Waals surface area contributed by atoms with Gasteiger partial charge < -0.3 is 16.0 Å². The van der Waals surface area contributed by atoms with Gasteiger partial charge in [-0.25, -0.2) is 0 Å². The molecule has 0 saturated carbocycles. The molecule has 0 heterocycles. The van der Waals surface area contributed by atoms with Gasteiger partial charge in [-0.3, -0.25) is 9.59 Å². The second-order valence-electron chi connectivity index (χ2n) is 5.98. The van der Waals surface area contributed by atoms with Crippen molar-refractivity contribution in [2.75, 3.05) is 11.9 Å². The first kappa shape index (κ1) is 18.5. The van der Waals surface area contributed by atoms with Crippen LogP contribution in [-0.4, -0.2) is 24.4 Å². The fraction of sp³-hybridized carbons (Fsp3) is 0.300. The minimum absolute atomic E-state index is 0.0811. The Bertz CT molecular complexity index is 684. The first-order valence-electron chi connectivity index (χ1n) is 8.54. The Morgan fingerprint density at radius 3 is 2.32 bits per heavy atom. The van der Waals surface area contributed by atoms with Crippen molar-refractivity contribution in [3.63, 3.8) is 0 Å². The van der Waals surface area contributed by atoms with E-state index >= 15 is 0 Å². The zero-order valence-corrected chi connectivity index (χ0v) is 14.7. The highest BCUT2D eigenvalue weighted by atomic mass is 16.2. The Labute approximate surface area is 148 Å². The number of anilines is 1. The number of carbonyl (C=O) groups excluding carboxylic acids is 2. The van der Waals surface area contributed by atoms with E-state index in [9.17, 15) is 9.59 Å². The molecule has 132 valence electrons. The molecule has 5 heteroatoms. The third-order valence-corrected chi connectivity index (χ3v) is 3.92. The zero-order chi connectivity index (χ0) is 18.1. The van der Waals surface area contributed by atoms with Crippen LogP contribution in [0.4, 0.5) is 5.69 Å². The molecule has 2 aromatic carbocycles. The van der Waals surface area contributed by atoms with E-state index in [-0.39, 0.29) is 24.4 Å². The summed E-state index contributed by atoms with van der Waals surface area (Å²) in [6.45, 7) is 4.70. The van der Waals surface area contributed by atoms with E-state index in [4.69, 9.17) is 0 Å². The maximum atomic E-state index is 12.0. The predicted molar refractivity (Wildman–Crippen MR) is 100 cm³/mol. The van der Waals surface area contributed by atoms with Crippen LogP contribution in [0.15, 0.2) is 54.6 Å². The Kier molecular flexibility index (Phi) is 7.01. The van der Waals surface area contributed by atoms with Gasteiger partial charge in [0.2, 0.25) is 5.91 Å². The third kappa shape index (κ3) is 6.30. The molecule has 0 radical (unpaired) electrons. The van der Waals surface area contributed by atoms with Crippen molar-refractivity contribution < 1.29 is 9.59 Å². The molecule has 0 bridgehead atoms. The van der Waals surface area contributed by atoms with Crippen molar-refractivity contribution in [2.45, 2.75) is 32.9 Å². The van der Waals surface area contributed by atoms with Crippen molar-refractivity contribution in [1.82, 2.24) is 10.6 Å². The molecule has 1 unspecified atom stereocenters. The zero-order valence-electron chi connectivity index (χ0n) is 14.7. The van der Waals surface area contributed by atoms with Crippen molar-refractivity contribution in [1.29, 1.82) is 0 Å². The van der Waals surface area contributed by atoms with Crippen LogP contribution in [0.5, 0.6) is 0 Å². The lowest BCUT2D eigenvalue weighted by Crippen LogP contribution is -2.31. The van der Waals surface area contributed by atoms with Gasteiger partial charge in [0.05, 0.1) is 6.54 Å². The van der Waals surface area contributed by atoms with E-state index in [1.54, 1.807) is 24.3 Å². The number of hydrogen-bond donors (Lipinski definition) is 3. The van der Waals surface area contributed by atoms with Gasteiger partial charge in [-0.05, 0) is 43.2 Å². The summed E-state index contributed by atoms with van der Waals surface area (Å²) in [5.41, 5.74) is 2.47. The van der Waals surface area contributed by atoms with E-state index in [0.29, 0.717) is 12.1 Å². The summed E-state index contributed by atoms with van der Waals surface area (Å²) >= 11 is 0. The highest BCUT2D eigenvalue weighted by molar-refractivity contribution is 5.94. The maximum Gasteiger partial charge on any atom is 0.251 e. The number of benzene rings is 2. The smallest absolute Gasteiger partial charge is 0.251 e. The third-order valence-electron chi connectivity index (χ3n) is 3.92. The fourth-order valence-electron chi connectivity index (χ4n) is 2.19. The summed E-state index contributed by atoms with van der Waals surface area (Å²) in [6, 6.07) is 17.0. The predicted octanol–water partition coefficient (Wildman–Crippen LogP) is 2.94. The SMILES string of the molecule is CCC(C)NC(=O)c1ccc(NCC(=O)NCc2ccccc2)cc1. The molecule has 2 rings (SSSR count). The number of carbonyl (C=O) groups is 2. The van der Waals surface area contributed by atoms with Crippen LogP contribution in [0.1, 0.15) is 36.2 Å². The van der Waals surface area contributed by atoms with Gasteiger partial charge in [0.15, 0.2) is 0 Å². The highest BCUT2D eigenvalue weighted by Gasteiger charge is 2.08. The molecule has 0 saturated heterocycles. The second-order valence-corrected chi connectivity index (χ2v) is 5.98. The van der Waals surface area contributed by atoms with Crippen LogP contribution in [0, 0.1) is 0 Å². The Morgan fingerprint density at radius 2 is 1.68 bits per heavy atom. The van der Waals surface area contributed by atoms with Gasteiger partial charge in [0.25, 0.3) is 5.91 Å². The molecule has 0 aromatic heterocycles. The molecule has 25 heavy (non-hydrogen) atoms. The summed E-state index contributed by atoms with van der Waals surface area (Å²) in [6.07, 6.45) is 0.892. The molecular formula is C20H25N3O2. The molecule has 5 nitrogen and oxygen atoms in total. The largest absolute Gasteiger partial charge is 0.376 e. The summed E-state index contributed by atoms with van der Waals surface area (Å²) < 4.78 is 0. The van der Waals surface area contributed by atoms with Crippen molar-refractivity contribution >= 4 is 17.5 Å². The average molecular weight is 339 g/mol. The molecule has 3 N–H and O–H groups in total. The van der Waals surface area contributed by atoms with E-state index in [0.717, 1.165) is 17.7 Å². The topological polar surface area (TPSA) is 70.2 Å². The Morgan fingerprint density at radius 1 is 1.00 bits per heavy atom. The van der Waals surface area contributed by atoms with Gasteiger partial charge in [0, 0.05) is 23.8 Å². The number of hydrogen-bond acceptors (Lipinski definition) is 3. The van der Waals surface area contributed by atoms with Gasteiger partial charge in [-0.1, -0.05) is 37.3 Å². The minimum atomic E-state index is -0.0819. The van der Waals surface area contributed by atoms with Gasteiger partial charge in [-0.2, -0.15) is 0 Å². The van der Waals surface area contributed by atoms with E-state index in [1.807, 2.05) is 44.2 Å². The average Bonchev–Trinajstić information content (AvgIpc) is 2.65. The van der Waals surface area contributed by atoms with Gasteiger partial charge in [-0.15, -0.1) is 0 Å². The number of amides is 2. The minimum Gasteiger partial charge on any atom is -0.376 e. The lowest BCUT2D eigenvalue weighted by molar-refractivity contribution is -0.119. The summed E-state index contributed by atoms with van der Waals surface area (Å²) in [4.78, 5) is 23.9. The van der Waals surface area contributed by atoms with E-state index < -0.39 is 0 Å². The monoisotopic (exact) mass is 339 g/mol. The first-order valence-corrected chi connectivity index (χ1v) is 8.54. The molecule has 0 aliphatic carbocycles. The van der Waals surface area contributed by atoms with Crippen LogP contribution >= 0.6 is 0 Å². The normalized spacial score (nSPS) is 11.4. The molecular weight excluding hydrogens is 314 g/mol. The summed E-state index contributed by atoms with van der Waals surface area (Å²) in [5, 5.41) is 8.84. The molecule has 2 aromatic rings. The number of rotatable bonds is 8. The highest BCUT2D eigenvalue weighted by Crippen LogP contribution is 2.09. The first-order chi connectivity index (χ1) is 12.1. The van der Waals surface area contributed by atoms with Crippen LogP contribution in [0.25, 0.3) is 0 Å². The quantitative estimate of drug-likeness (QED) is 0.692. The lowest BCUT2D eigenvalue weighted by atomic mass is 10.1. The maximum absolute atomic E-state index is 12.0. The van der Waals surface area contributed by atoms with Crippen LogP contribution in [0.3, 0.4) is 0 Å². The standard InChI is InChI=1S/C20H25N3O2/c1-3-15(2)23-20(25)17-9-11-18(12-10-17)21-14-19(24)22-13-16-7-5-4-6-8-16/h4-12,15,21H,3,13-14H2,1-2H3,(H,22,24)(H,23,25). The molecule has 1 atom stereocenters. The fourth-order valence-corrected chi connectivity index (χ4v) is 2.19. The summed E-state index contributed by atoms with van der Waals surface area (Å²) in [5.74, 6) is -0.163. The van der Waals surface area contributed by atoms with Crippen molar-refractivity contribution in [3.8, 4) is 0 Å². The van der Waals surface area contributed by atoms with Crippen LogP contribution in [-0.2, 0) is 11.3 Å². The van der Waals surface area contributed by atoms with E-state index in [2.05, 4.69) is 16.0 Å². The Hall–Kier alpha value is -2.82. The molecule has 0 spiro atoms. The van der Waals surface area contributed by atoms with Gasteiger partial charge >= 0.3 is 0 Å². The molecule has 0 aliphatic heterocycles. The van der Waals surface area contributed by atoms with Crippen LogP contribution in [0.2, 0.25) is 0 Å². The van der Waals surface area contributed by atoms with Crippen molar-refractivity contribution in [2.24, 2.45) is 0 Å². The number of nitrogens with one attached hydrogen (secondary N) is 3. The molecule has 0 fully saturated rings.